The zero-order valence-corrected chi connectivity index (χ0v) is 5.89. The van der Waals surface area contributed by atoms with Crippen LogP contribution in [0.4, 0.5) is 0 Å². The molecule has 0 saturated carbocycles. The molecule has 0 bridgehead atoms. The van der Waals surface area contributed by atoms with E-state index in [1.807, 2.05) is 0 Å². The maximum atomic E-state index is 10.3. The number of rotatable bonds is 3. The summed E-state index contributed by atoms with van der Waals surface area (Å²) in [7, 11) is 0. The summed E-state index contributed by atoms with van der Waals surface area (Å²) < 4.78 is 0. The van der Waals surface area contributed by atoms with Crippen LogP contribution in [0.5, 0.6) is 0 Å². The number of nitrogens with two attached hydrogens (primary N) is 1. The van der Waals surface area contributed by atoms with Crippen LogP contribution in [0.25, 0.3) is 0 Å². The molecule has 4 N–H and O–H groups in total. The summed E-state index contributed by atoms with van der Waals surface area (Å²) in [5.41, 5.74) is 4.95. The molecule has 1 fully saturated rings. The number of carbonyl (C=O) groups excluding carboxylic acids is 1. The molecule has 0 aliphatic carbocycles. The van der Waals surface area contributed by atoms with E-state index < -0.39 is 0 Å². The summed E-state index contributed by atoms with van der Waals surface area (Å²) >= 11 is 0. The topological polar surface area (TPSA) is 67.2 Å². The van der Waals surface area contributed by atoms with E-state index in [-0.39, 0.29) is 5.91 Å². The van der Waals surface area contributed by atoms with Gasteiger partial charge in [-0.1, -0.05) is 0 Å². The Hall–Kier alpha value is -0.610. The Morgan fingerprint density at radius 1 is 1.80 bits per heavy atom. The number of carbonyl (C=O) groups is 1. The van der Waals surface area contributed by atoms with Crippen LogP contribution in [0.15, 0.2) is 0 Å². The van der Waals surface area contributed by atoms with E-state index in [0.717, 1.165) is 19.5 Å². The molecule has 4 nitrogen and oxygen atoms in total. The van der Waals surface area contributed by atoms with Crippen molar-refractivity contribution in [3.8, 4) is 0 Å². The van der Waals surface area contributed by atoms with Crippen molar-refractivity contribution in [2.24, 2.45) is 5.73 Å². The van der Waals surface area contributed by atoms with Gasteiger partial charge in [-0.2, -0.15) is 0 Å². The van der Waals surface area contributed by atoms with Gasteiger partial charge in [0.1, 0.15) is 0 Å². The molecule has 1 amide bonds. The third kappa shape index (κ3) is 2.33. The van der Waals surface area contributed by atoms with Crippen LogP contribution >= 0.6 is 0 Å². The summed E-state index contributed by atoms with van der Waals surface area (Å²) in [5, 5.41) is 6.23. The normalized spacial score (nSPS) is 25.0. The monoisotopic (exact) mass is 143 g/mol. The highest BCUT2D eigenvalue weighted by atomic mass is 16.1. The standard InChI is InChI=1S/C6H13N3O/c7-6(10)4-9-5-1-2-8-3-5/h5,8-9H,1-4H2,(H2,7,10)/t5-/m0/s1. The van der Waals surface area contributed by atoms with Crippen LogP contribution < -0.4 is 16.4 Å². The Labute approximate surface area is 60.2 Å². The van der Waals surface area contributed by atoms with Crippen molar-refractivity contribution in [1.82, 2.24) is 10.6 Å². The molecular formula is C6H13N3O. The van der Waals surface area contributed by atoms with Crippen molar-refractivity contribution in [2.45, 2.75) is 12.5 Å². The first-order chi connectivity index (χ1) is 4.79. The Morgan fingerprint density at radius 3 is 3.10 bits per heavy atom. The highest BCUT2D eigenvalue weighted by Crippen LogP contribution is 1.95. The molecule has 0 aromatic carbocycles. The van der Waals surface area contributed by atoms with Crippen LogP contribution in [-0.2, 0) is 4.79 Å². The summed E-state index contributed by atoms with van der Waals surface area (Å²) in [4.78, 5) is 10.3. The van der Waals surface area contributed by atoms with Gasteiger partial charge in [0.25, 0.3) is 0 Å². The Balaban J connectivity index is 2.07. The van der Waals surface area contributed by atoms with Crippen molar-refractivity contribution in [3.05, 3.63) is 0 Å². The summed E-state index contributed by atoms with van der Waals surface area (Å²) in [6, 6.07) is 0.437. The largest absolute Gasteiger partial charge is 0.369 e. The predicted molar refractivity (Wildman–Crippen MR) is 38.5 cm³/mol. The van der Waals surface area contributed by atoms with Crippen LogP contribution in [-0.4, -0.2) is 31.6 Å². The van der Waals surface area contributed by atoms with Gasteiger partial charge in [0.05, 0.1) is 6.54 Å². The minimum atomic E-state index is -0.285. The zero-order valence-electron chi connectivity index (χ0n) is 5.89. The molecule has 4 heteroatoms. The second-order valence-corrected chi connectivity index (χ2v) is 2.54. The van der Waals surface area contributed by atoms with Gasteiger partial charge < -0.3 is 16.4 Å². The van der Waals surface area contributed by atoms with Crippen molar-refractivity contribution in [3.63, 3.8) is 0 Å². The van der Waals surface area contributed by atoms with Gasteiger partial charge in [-0.3, -0.25) is 4.79 Å². The highest BCUT2D eigenvalue weighted by molar-refractivity contribution is 5.75. The fourth-order valence-corrected chi connectivity index (χ4v) is 1.07. The van der Waals surface area contributed by atoms with Gasteiger partial charge in [-0.15, -0.1) is 0 Å². The quantitative estimate of drug-likeness (QED) is 0.447. The van der Waals surface area contributed by atoms with E-state index in [0.29, 0.717) is 12.6 Å². The lowest BCUT2D eigenvalue weighted by Gasteiger charge is -2.07. The van der Waals surface area contributed by atoms with Crippen LogP contribution in [0.1, 0.15) is 6.42 Å². The number of primary amides is 1. The second kappa shape index (κ2) is 3.53. The fourth-order valence-electron chi connectivity index (χ4n) is 1.07. The third-order valence-electron chi connectivity index (χ3n) is 1.63. The molecule has 10 heavy (non-hydrogen) atoms. The van der Waals surface area contributed by atoms with E-state index in [1.54, 1.807) is 0 Å². The van der Waals surface area contributed by atoms with E-state index in [2.05, 4.69) is 10.6 Å². The smallest absolute Gasteiger partial charge is 0.231 e. The average molecular weight is 143 g/mol. The minimum Gasteiger partial charge on any atom is -0.369 e. The van der Waals surface area contributed by atoms with E-state index >= 15 is 0 Å². The van der Waals surface area contributed by atoms with Gasteiger partial charge in [0, 0.05) is 12.6 Å². The van der Waals surface area contributed by atoms with Crippen molar-refractivity contribution in [1.29, 1.82) is 0 Å². The number of nitrogens with one attached hydrogen (secondary N) is 2. The van der Waals surface area contributed by atoms with Gasteiger partial charge in [0.2, 0.25) is 5.91 Å². The van der Waals surface area contributed by atoms with E-state index in [9.17, 15) is 4.79 Å². The van der Waals surface area contributed by atoms with Crippen LogP contribution in [0, 0.1) is 0 Å². The first kappa shape index (κ1) is 7.50. The van der Waals surface area contributed by atoms with Crippen molar-refractivity contribution >= 4 is 5.91 Å². The minimum absolute atomic E-state index is 0.285. The molecule has 58 valence electrons. The molecule has 0 spiro atoms. The van der Waals surface area contributed by atoms with E-state index in [4.69, 9.17) is 5.73 Å². The molecule has 0 radical (unpaired) electrons. The summed E-state index contributed by atoms with van der Waals surface area (Å²) in [5.74, 6) is -0.285. The van der Waals surface area contributed by atoms with Crippen molar-refractivity contribution < 1.29 is 4.79 Å². The Kier molecular flexibility index (Phi) is 2.65. The zero-order chi connectivity index (χ0) is 7.40. The first-order valence-electron chi connectivity index (χ1n) is 3.51. The molecule has 0 aromatic rings. The molecule has 1 aliphatic rings. The maximum Gasteiger partial charge on any atom is 0.231 e. The summed E-state index contributed by atoms with van der Waals surface area (Å²) in [6.07, 6.45) is 1.09. The van der Waals surface area contributed by atoms with E-state index in [1.165, 1.54) is 0 Å². The first-order valence-corrected chi connectivity index (χ1v) is 3.51. The molecule has 1 saturated heterocycles. The molecule has 1 heterocycles. The van der Waals surface area contributed by atoms with Gasteiger partial charge in [-0.25, -0.2) is 0 Å². The average Bonchev–Trinajstić information content (AvgIpc) is 2.34. The molecular weight excluding hydrogens is 130 g/mol. The Morgan fingerprint density at radius 2 is 2.60 bits per heavy atom. The lowest BCUT2D eigenvalue weighted by Crippen LogP contribution is -2.37. The highest BCUT2D eigenvalue weighted by Gasteiger charge is 2.13. The molecule has 1 aliphatic heterocycles. The molecule has 1 rings (SSSR count). The number of hydrogen-bond donors (Lipinski definition) is 3. The summed E-state index contributed by atoms with van der Waals surface area (Å²) in [6.45, 7) is 2.29. The van der Waals surface area contributed by atoms with Gasteiger partial charge in [0.15, 0.2) is 0 Å². The molecule has 1 atom stereocenters. The number of amides is 1. The molecule has 0 aromatic heterocycles. The van der Waals surface area contributed by atoms with Gasteiger partial charge >= 0.3 is 0 Å². The predicted octanol–water partition coefficient (Wildman–Crippen LogP) is -1.58. The lowest BCUT2D eigenvalue weighted by molar-refractivity contribution is -0.117. The van der Waals surface area contributed by atoms with Gasteiger partial charge in [-0.05, 0) is 13.0 Å². The van der Waals surface area contributed by atoms with Crippen molar-refractivity contribution in [2.75, 3.05) is 19.6 Å². The Bertz CT molecular complexity index is 120. The van der Waals surface area contributed by atoms with Crippen LogP contribution in [0.3, 0.4) is 0 Å². The maximum absolute atomic E-state index is 10.3. The molecule has 0 unspecified atom stereocenters. The third-order valence-corrected chi connectivity index (χ3v) is 1.63. The lowest BCUT2D eigenvalue weighted by atomic mass is 10.2. The second-order valence-electron chi connectivity index (χ2n) is 2.54. The number of hydrogen-bond acceptors (Lipinski definition) is 3. The SMILES string of the molecule is NC(=O)CN[C@H]1CCNC1. The fraction of sp³-hybridized carbons (Fsp3) is 0.833. The van der Waals surface area contributed by atoms with Crippen LogP contribution in [0.2, 0.25) is 0 Å².